The first-order valence-electron chi connectivity index (χ1n) is 23.2. The van der Waals surface area contributed by atoms with Gasteiger partial charge in [0.1, 0.15) is 0 Å². The molecule has 0 bridgehead atoms. The van der Waals surface area contributed by atoms with Crippen molar-refractivity contribution in [1.29, 1.82) is 0 Å². The molecule has 4 heteroatoms. The SMILES string of the molecule is c1ccc(-c2ccc3c(c2)N(c2ccccc2)c2cc(-c4ccc(N(c5ccccc5)c5cccc6ccccc56)cc4)ccc2N3c2ccc(-c3ccc4sc5ccccc5c4c3)cc2)cc1. The predicted molar refractivity (Wildman–Crippen MR) is 291 cm³/mol. The first kappa shape index (κ1) is 39.6. The van der Waals surface area contributed by atoms with Crippen molar-refractivity contribution < 1.29 is 0 Å². The van der Waals surface area contributed by atoms with Gasteiger partial charge in [0.05, 0.1) is 28.4 Å². The molecule has 1 aliphatic rings. The van der Waals surface area contributed by atoms with E-state index in [-0.39, 0.29) is 0 Å². The van der Waals surface area contributed by atoms with E-state index in [1.54, 1.807) is 0 Å². The van der Waals surface area contributed by atoms with Gasteiger partial charge in [-0.1, -0.05) is 164 Å². The zero-order valence-corrected chi connectivity index (χ0v) is 37.9. The molecule has 11 aromatic carbocycles. The van der Waals surface area contributed by atoms with E-state index in [1.807, 2.05) is 11.3 Å². The van der Waals surface area contributed by atoms with Crippen molar-refractivity contribution >= 4 is 93.5 Å². The van der Waals surface area contributed by atoms with E-state index >= 15 is 0 Å². The molecule has 1 aliphatic heterocycles. The summed E-state index contributed by atoms with van der Waals surface area (Å²) in [6.07, 6.45) is 0. The molecule has 2 heterocycles. The third kappa shape index (κ3) is 6.90. The molecule has 0 unspecified atom stereocenters. The molecular formula is C64H43N3S. The van der Waals surface area contributed by atoms with Gasteiger partial charge in [-0.2, -0.15) is 0 Å². The molecule has 0 saturated carbocycles. The van der Waals surface area contributed by atoms with Crippen LogP contribution in [0.4, 0.5) is 51.2 Å². The number of hydrogen-bond donors (Lipinski definition) is 0. The third-order valence-corrected chi connectivity index (χ3v) is 14.5. The standard InChI is InChI=1S/C64H43N3S/c1-4-15-44(16-5-1)49-31-38-59-61(42-49)67(52-21-8-3-9-22-52)62-43-50(46-27-34-53(35-28-46)65(51-19-6-2-7-20-51)58-25-14-18-47-17-10-11-23-55(47)58)32-39-60(62)66(59)54-36-29-45(30-37-54)48-33-40-64-57(41-48)56-24-12-13-26-63(56)68-64/h1-43H. The zero-order valence-electron chi connectivity index (χ0n) is 37.1. The van der Waals surface area contributed by atoms with Gasteiger partial charge >= 0.3 is 0 Å². The molecule has 3 nitrogen and oxygen atoms in total. The van der Waals surface area contributed by atoms with E-state index in [4.69, 9.17) is 0 Å². The van der Waals surface area contributed by atoms with Crippen LogP contribution in [-0.4, -0.2) is 0 Å². The summed E-state index contributed by atoms with van der Waals surface area (Å²) in [7, 11) is 0. The molecule has 12 aromatic rings. The molecule has 0 fully saturated rings. The average Bonchev–Trinajstić information content (AvgIpc) is 3.79. The number of nitrogens with zero attached hydrogens (tertiary/aromatic N) is 3. The van der Waals surface area contributed by atoms with Crippen molar-refractivity contribution in [1.82, 2.24) is 0 Å². The van der Waals surface area contributed by atoms with Gasteiger partial charge in [-0.3, -0.25) is 0 Å². The summed E-state index contributed by atoms with van der Waals surface area (Å²) in [4.78, 5) is 7.24. The lowest BCUT2D eigenvalue weighted by Crippen LogP contribution is -2.24. The van der Waals surface area contributed by atoms with Gasteiger partial charge in [0, 0.05) is 48.3 Å². The largest absolute Gasteiger partial charge is 0.310 e. The maximum atomic E-state index is 2.44. The highest BCUT2D eigenvalue weighted by Gasteiger charge is 2.31. The highest BCUT2D eigenvalue weighted by molar-refractivity contribution is 7.25. The minimum Gasteiger partial charge on any atom is -0.310 e. The van der Waals surface area contributed by atoms with Crippen LogP contribution >= 0.6 is 11.3 Å². The fourth-order valence-electron chi connectivity index (χ4n) is 10.1. The van der Waals surface area contributed by atoms with Crippen LogP contribution in [0.5, 0.6) is 0 Å². The number of para-hydroxylation sites is 2. The maximum Gasteiger partial charge on any atom is 0.0709 e. The fraction of sp³-hybridized carbons (Fsp3) is 0. The summed E-state index contributed by atoms with van der Waals surface area (Å²) in [5.74, 6) is 0. The molecule has 0 spiro atoms. The quantitative estimate of drug-likeness (QED) is 0.151. The molecule has 0 aliphatic carbocycles. The van der Waals surface area contributed by atoms with Crippen LogP contribution in [0.25, 0.3) is 64.3 Å². The van der Waals surface area contributed by atoms with Gasteiger partial charge in [-0.25, -0.2) is 0 Å². The number of benzene rings is 11. The Bertz CT molecular complexity index is 3780. The molecule has 0 saturated heterocycles. The highest BCUT2D eigenvalue weighted by atomic mass is 32.1. The Hall–Kier alpha value is -8.70. The van der Waals surface area contributed by atoms with Gasteiger partial charge in [-0.15, -0.1) is 11.3 Å². The Morgan fingerprint density at radius 3 is 1.46 bits per heavy atom. The Labute approximate surface area is 400 Å². The van der Waals surface area contributed by atoms with E-state index in [9.17, 15) is 0 Å². The second-order valence-corrected chi connectivity index (χ2v) is 18.4. The normalized spacial score (nSPS) is 12.1. The van der Waals surface area contributed by atoms with E-state index in [2.05, 4.69) is 276 Å². The van der Waals surface area contributed by atoms with Crippen molar-refractivity contribution in [2.45, 2.75) is 0 Å². The van der Waals surface area contributed by atoms with Crippen molar-refractivity contribution in [3.8, 4) is 33.4 Å². The topological polar surface area (TPSA) is 9.72 Å². The molecule has 13 rings (SSSR count). The van der Waals surface area contributed by atoms with Gasteiger partial charge in [0.25, 0.3) is 0 Å². The molecular weight excluding hydrogens is 843 g/mol. The average molecular weight is 886 g/mol. The van der Waals surface area contributed by atoms with Crippen molar-refractivity contribution in [3.63, 3.8) is 0 Å². The molecule has 0 atom stereocenters. The first-order valence-corrected chi connectivity index (χ1v) is 24.0. The Kier molecular flexibility index (Phi) is 9.69. The molecule has 0 radical (unpaired) electrons. The summed E-state index contributed by atoms with van der Waals surface area (Å²) < 4.78 is 2.64. The van der Waals surface area contributed by atoms with Crippen molar-refractivity contribution in [2.75, 3.05) is 14.7 Å². The highest BCUT2D eigenvalue weighted by Crippen LogP contribution is 2.56. The van der Waals surface area contributed by atoms with E-state index in [0.29, 0.717) is 0 Å². The van der Waals surface area contributed by atoms with Gasteiger partial charge < -0.3 is 14.7 Å². The molecule has 320 valence electrons. The van der Waals surface area contributed by atoms with Crippen LogP contribution < -0.4 is 14.7 Å². The van der Waals surface area contributed by atoms with E-state index in [1.165, 1.54) is 53.2 Å². The number of thiophene rings is 1. The Morgan fingerprint density at radius 1 is 0.279 bits per heavy atom. The van der Waals surface area contributed by atoms with Crippen molar-refractivity contribution in [3.05, 3.63) is 261 Å². The van der Waals surface area contributed by atoms with Crippen LogP contribution in [0, 0.1) is 0 Å². The summed E-state index contributed by atoms with van der Waals surface area (Å²) in [5, 5.41) is 5.05. The lowest BCUT2D eigenvalue weighted by atomic mass is 9.96. The lowest BCUT2D eigenvalue weighted by molar-refractivity contribution is 1.17. The number of rotatable bonds is 8. The second-order valence-electron chi connectivity index (χ2n) is 17.4. The second kappa shape index (κ2) is 16.6. The Balaban J connectivity index is 0.940. The number of anilines is 9. The van der Waals surface area contributed by atoms with Gasteiger partial charge in [-0.05, 0) is 136 Å². The zero-order chi connectivity index (χ0) is 45.0. The van der Waals surface area contributed by atoms with Crippen molar-refractivity contribution in [2.24, 2.45) is 0 Å². The molecule has 0 N–H and O–H groups in total. The number of hydrogen-bond acceptors (Lipinski definition) is 4. The van der Waals surface area contributed by atoms with Gasteiger partial charge in [0.15, 0.2) is 0 Å². The van der Waals surface area contributed by atoms with Gasteiger partial charge in [0.2, 0.25) is 0 Å². The fourth-order valence-corrected chi connectivity index (χ4v) is 11.2. The minimum atomic E-state index is 1.10. The smallest absolute Gasteiger partial charge is 0.0709 e. The van der Waals surface area contributed by atoms with Crippen LogP contribution in [0.3, 0.4) is 0 Å². The van der Waals surface area contributed by atoms with Crippen LogP contribution in [0.2, 0.25) is 0 Å². The summed E-state index contributed by atoms with van der Waals surface area (Å²) >= 11 is 1.86. The summed E-state index contributed by atoms with van der Waals surface area (Å²) in [6.45, 7) is 0. The molecule has 0 amide bonds. The molecule has 68 heavy (non-hydrogen) atoms. The third-order valence-electron chi connectivity index (χ3n) is 13.4. The first-order chi connectivity index (χ1) is 33.7. The van der Waals surface area contributed by atoms with Crippen LogP contribution in [0.15, 0.2) is 261 Å². The summed E-state index contributed by atoms with van der Waals surface area (Å²) in [5.41, 5.74) is 17.1. The monoisotopic (exact) mass is 885 g/mol. The van der Waals surface area contributed by atoms with E-state index < -0.39 is 0 Å². The lowest BCUT2D eigenvalue weighted by Gasteiger charge is -2.41. The predicted octanol–water partition coefficient (Wildman–Crippen LogP) is 18.9. The van der Waals surface area contributed by atoms with E-state index in [0.717, 1.165) is 62.3 Å². The van der Waals surface area contributed by atoms with Crippen LogP contribution in [-0.2, 0) is 0 Å². The van der Waals surface area contributed by atoms with Crippen LogP contribution in [0.1, 0.15) is 0 Å². The maximum absolute atomic E-state index is 2.44. The molecule has 1 aromatic heterocycles. The summed E-state index contributed by atoms with van der Waals surface area (Å²) in [6, 6.07) is 95.0. The Morgan fingerprint density at radius 2 is 0.750 bits per heavy atom. The minimum absolute atomic E-state index is 1.10. The number of fused-ring (bicyclic) bond motifs is 6.